The lowest BCUT2D eigenvalue weighted by Crippen LogP contribution is -2.57. The van der Waals surface area contributed by atoms with Gasteiger partial charge in [-0.25, -0.2) is 0 Å². The predicted molar refractivity (Wildman–Crippen MR) is 61.9 cm³/mol. The standard InChI is InChI=1S/C11H20F3N3O/c1-7(15)9(11(12,13)14)17-5-3-8(4-6-17)10(18)16-2/h7-9H,3-6,15H2,1-2H3,(H,16,18). The van der Waals surface area contributed by atoms with E-state index in [9.17, 15) is 18.0 Å². The van der Waals surface area contributed by atoms with Crippen LogP contribution < -0.4 is 11.1 Å². The number of amides is 1. The maximum Gasteiger partial charge on any atom is 0.405 e. The number of piperidine rings is 1. The number of halogens is 3. The van der Waals surface area contributed by atoms with Gasteiger partial charge in [-0.15, -0.1) is 0 Å². The normalized spacial score (nSPS) is 22.6. The molecule has 0 spiro atoms. The van der Waals surface area contributed by atoms with Crippen LogP contribution in [0.15, 0.2) is 0 Å². The summed E-state index contributed by atoms with van der Waals surface area (Å²) in [7, 11) is 1.54. The van der Waals surface area contributed by atoms with Crippen molar-refractivity contribution in [2.24, 2.45) is 11.7 Å². The Hall–Kier alpha value is -0.820. The molecule has 0 bridgehead atoms. The van der Waals surface area contributed by atoms with Crippen molar-refractivity contribution in [1.29, 1.82) is 0 Å². The first-order chi connectivity index (χ1) is 8.27. The van der Waals surface area contributed by atoms with Gasteiger partial charge in [0.05, 0.1) is 0 Å². The Kier molecular flexibility index (Phi) is 4.98. The van der Waals surface area contributed by atoms with Crippen molar-refractivity contribution < 1.29 is 18.0 Å². The second-order valence-electron chi connectivity index (χ2n) is 4.77. The van der Waals surface area contributed by atoms with Gasteiger partial charge in [-0.2, -0.15) is 13.2 Å². The number of carbonyl (C=O) groups is 1. The van der Waals surface area contributed by atoms with Crippen LogP contribution in [0.25, 0.3) is 0 Å². The quantitative estimate of drug-likeness (QED) is 0.792. The van der Waals surface area contributed by atoms with E-state index in [1.807, 2.05) is 0 Å². The molecule has 0 saturated carbocycles. The second-order valence-corrected chi connectivity index (χ2v) is 4.77. The summed E-state index contributed by atoms with van der Waals surface area (Å²) in [6.45, 7) is 1.87. The molecule has 7 heteroatoms. The fourth-order valence-corrected chi connectivity index (χ4v) is 2.48. The van der Waals surface area contributed by atoms with Gasteiger partial charge in [0.2, 0.25) is 5.91 Å². The van der Waals surface area contributed by atoms with Gasteiger partial charge >= 0.3 is 6.18 Å². The largest absolute Gasteiger partial charge is 0.405 e. The fraction of sp³-hybridized carbons (Fsp3) is 0.909. The smallest absolute Gasteiger partial charge is 0.359 e. The molecule has 1 aliphatic rings. The van der Waals surface area contributed by atoms with Gasteiger partial charge in [0.15, 0.2) is 0 Å². The third-order valence-corrected chi connectivity index (χ3v) is 3.37. The molecule has 2 unspecified atom stereocenters. The molecule has 1 fully saturated rings. The highest BCUT2D eigenvalue weighted by Crippen LogP contribution is 2.30. The van der Waals surface area contributed by atoms with Gasteiger partial charge in [0.1, 0.15) is 6.04 Å². The number of nitrogens with two attached hydrogens (primary N) is 1. The van der Waals surface area contributed by atoms with Gasteiger partial charge in [-0.05, 0) is 32.9 Å². The lowest BCUT2D eigenvalue weighted by molar-refractivity contribution is -0.191. The number of rotatable bonds is 3. The molecule has 1 amide bonds. The molecule has 4 nitrogen and oxygen atoms in total. The first kappa shape index (κ1) is 15.2. The minimum Gasteiger partial charge on any atom is -0.359 e. The Labute approximate surface area is 105 Å². The van der Waals surface area contributed by atoms with Crippen molar-refractivity contribution in [2.45, 2.75) is 38.0 Å². The van der Waals surface area contributed by atoms with Crippen LogP contribution in [0, 0.1) is 5.92 Å². The fourth-order valence-electron chi connectivity index (χ4n) is 2.48. The molecule has 0 aromatic heterocycles. The van der Waals surface area contributed by atoms with Crippen molar-refractivity contribution >= 4 is 5.91 Å². The molecule has 2 atom stereocenters. The summed E-state index contributed by atoms with van der Waals surface area (Å²) in [6.07, 6.45) is -3.44. The molecule has 0 aromatic rings. The third-order valence-electron chi connectivity index (χ3n) is 3.37. The Balaban J connectivity index is 2.63. The van der Waals surface area contributed by atoms with E-state index in [0.717, 1.165) is 0 Å². The Morgan fingerprint density at radius 2 is 1.89 bits per heavy atom. The summed E-state index contributed by atoms with van der Waals surface area (Å²) in [5, 5.41) is 2.53. The minimum absolute atomic E-state index is 0.0981. The summed E-state index contributed by atoms with van der Waals surface area (Å²) in [5.74, 6) is -0.285. The molecule has 1 aliphatic heterocycles. The molecule has 1 saturated heterocycles. The first-order valence-corrected chi connectivity index (χ1v) is 6.05. The molecule has 1 heterocycles. The Morgan fingerprint density at radius 3 is 2.22 bits per heavy atom. The van der Waals surface area contributed by atoms with Crippen LogP contribution in [0.5, 0.6) is 0 Å². The zero-order valence-corrected chi connectivity index (χ0v) is 10.6. The Morgan fingerprint density at radius 1 is 1.39 bits per heavy atom. The zero-order valence-electron chi connectivity index (χ0n) is 10.6. The van der Waals surface area contributed by atoms with Gasteiger partial charge < -0.3 is 11.1 Å². The first-order valence-electron chi connectivity index (χ1n) is 6.05. The number of hydrogen-bond donors (Lipinski definition) is 2. The summed E-state index contributed by atoms with van der Waals surface area (Å²) in [4.78, 5) is 12.7. The van der Waals surface area contributed by atoms with E-state index in [2.05, 4.69) is 5.32 Å². The monoisotopic (exact) mass is 267 g/mol. The van der Waals surface area contributed by atoms with Crippen LogP contribution in [0.3, 0.4) is 0 Å². The van der Waals surface area contributed by atoms with Crippen LogP contribution in [0.4, 0.5) is 13.2 Å². The summed E-state index contributed by atoms with van der Waals surface area (Å²) in [6, 6.07) is -2.59. The Bertz CT molecular complexity index is 286. The third kappa shape index (κ3) is 3.58. The molecule has 3 N–H and O–H groups in total. The van der Waals surface area contributed by atoms with Crippen molar-refractivity contribution in [3.05, 3.63) is 0 Å². The molecular formula is C11H20F3N3O. The summed E-state index contributed by atoms with van der Waals surface area (Å²) >= 11 is 0. The van der Waals surface area contributed by atoms with Crippen molar-refractivity contribution in [1.82, 2.24) is 10.2 Å². The maximum absolute atomic E-state index is 12.9. The van der Waals surface area contributed by atoms with Crippen LogP contribution in [0.2, 0.25) is 0 Å². The van der Waals surface area contributed by atoms with Crippen molar-refractivity contribution in [2.75, 3.05) is 20.1 Å². The highest BCUT2D eigenvalue weighted by molar-refractivity contribution is 5.78. The molecular weight excluding hydrogens is 247 g/mol. The lowest BCUT2D eigenvalue weighted by atomic mass is 9.94. The number of nitrogens with one attached hydrogen (secondary N) is 1. The second kappa shape index (κ2) is 5.88. The maximum atomic E-state index is 12.9. The van der Waals surface area contributed by atoms with Gasteiger partial charge in [0.25, 0.3) is 0 Å². The average molecular weight is 267 g/mol. The molecule has 0 aliphatic carbocycles. The molecule has 0 aromatic carbocycles. The summed E-state index contributed by atoms with van der Waals surface area (Å²) in [5.41, 5.74) is 5.43. The van der Waals surface area contributed by atoms with Gasteiger partial charge in [0, 0.05) is 19.0 Å². The van der Waals surface area contributed by atoms with E-state index in [-0.39, 0.29) is 24.9 Å². The van der Waals surface area contributed by atoms with Gasteiger partial charge in [-0.3, -0.25) is 9.69 Å². The SMILES string of the molecule is CNC(=O)C1CCN(C(C(C)N)C(F)(F)F)CC1. The zero-order chi connectivity index (χ0) is 13.9. The van der Waals surface area contributed by atoms with E-state index < -0.39 is 18.3 Å². The van der Waals surface area contributed by atoms with E-state index >= 15 is 0 Å². The number of hydrogen-bond acceptors (Lipinski definition) is 3. The van der Waals surface area contributed by atoms with Crippen LogP contribution in [-0.4, -0.2) is 49.2 Å². The molecule has 106 valence electrons. The lowest BCUT2D eigenvalue weighted by Gasteiger charge is -2.39. The highest BCUT2D eigenvalue weighted by atomic mass is 19.4. The number of nitrogens with zero attached hydrogens (tertiary/aromatic N) is 1. The van der Waals surface area contributed by atoms with Crippen molar-refractivity contribution in [3.8, 4) is 0 Å². The molecule has 18 heavy (non-hydrogen) atoms. The van der Waals surface area contributed by atoms with E-state index in [0.29, 0.717) is 12.8 Å². The van der Waals surface area contributed by atoms with E-state index in [1.165, 1.54) is 18.9 Å². The molecule has 0 radical (unpaired) electrons. The van der Waals surface area contributed by atoms with E-state index in [1.54, 1.807) is 0 Å². The highest BCUT2D eigenvalue weighted by Gasteiger charge is 2.46. The average Bonchev–Trinajstić information content (AvgIpc) is 2.26. The van der Waals surface area contributed by atoms with Crippen LogP contribution in [-0.2, 0) is 4.79 Å². The number of alkyl halides is 3. The number of likely N-dealkylation sites (tertiary alicyclic amines) is 1. The van der Waals surface area contributed by atoms with Crippen LogP contribution >= 0.6 is 0 Å². The van der Waals surface area contributed by atoms with Gasteiger partial charge in [-0.1, -0.05) is 0 Å². The van der Waals surface area contributed by atoms with Crippen LogP contribution in [0.1, 0.15) is 19.8 Å². The van der Waals surface area contributed by atoms with E-state index in [4.69, 9.17) is 5.73 Å². The minimum atomic E-state index is -4.33. The summed E-state index contributed by atoms with van der Waals surface area (Å²) < 4.78 is 38.6. The molecule has 1 rings (SSSR count). The number of carbonyl (C=O) groups excluding carboxylic acids is 1. The predicted octanol–water partition coefficient (Wildman–Crippen LogP) is 0.722. The van der Waals surface area contributed by atoms with Crippen molar-refractivity contribution in [3.63, 3.8) is 0 Å². The topological polar surface area (TPSA) is 58.4 Å².